The van der Waals surface area contributed by atoms with Gasteiger partial charge in [0.25, 0.3) is 5.91 Å². The topological polar surface area (TPSA) is 88.9 Å². The quantitative estimate of drug-likeness (QED) is 0.718. The summed E-state index contributed by atoms with van der Waals surface area (Å²) in [7, 11) is 3.21. The fourth-order valence-electron chi connectivity index (χ4n) is 2.30. The van der Waals surface area contributed by atoms with E-state index in [0.29, 0.717) is 27.8 Å². The minimum atomic E-state index is -0.366. The highest BCUT2D eigenvalue weighted by atomic mass is 32.1. The van der Waals surface area contributed by atoms with Crippen molar-refractivity contribution in [3.63, 3.8) is 0 Å². The third kappa shape index (κ3) is 3.94. The number of carbonyl (C=O) groups is 2. The minimum absolute atomic E-state index is 0.149. The fraction of sp³-hybridized carbons (Fsp3) is 0.176. The van der Waals surface area contributed by atoms with Gasteiger partial charge in [0.2, 0.25) is 5.91 Å². The first kappa shape index (κ1) is 17.7. The van der Waals surface area contributed by atoms with Gasteiger partial charge < -0.3 is 5.32 Å². The number of halogens is 1. The third-order valence-corrected chi connectivity index (χ3v) is 4.45. The maximum Gasteiger partial charge on any atom is 0.275 e. The van der Waals surface area contributed by atoms with Gasteiger partial charge in [0.05, 0.1) is 17.8 Å². The van der Waals surface area contributed by atoms with E-state index in [-0.39, 0.29) is 24.1 Å². The fourth-order valence-corrected chi connectivity index (χ4v) is 3.01. The number of aryl methyl sites for hydroxylation is 1. The molecule has 0 saturated carbocycles. The van der Waals surface area contributed by atoms with Crippen molar-refractivity contribution in [3.05, 3.63) is 52.9 Å². The summed E-state index contributed by atoms with van der Waals surface area (Å²) >= 11 is 1.24. The lowest BCUT2D eigenvalue weighted by Crippen LogP contribution is -2.20. The minimum Gasteiger partial charge on any atom is -0.359 e. The number of rotatable bonds is 5. The van der Waals surface area contributed by atoms with Crippen molar-refractivity contribution < 1.29 is 14.0 Å². The van der Waals surface area contributed by atoms with Gasteiger partial charge in [-0.1, -0.05) is 0 Å². The number of nitrogens with zero attached hydrogens (tertiary/aromatic N) is 3. The summed E-state index contributed by atoms with van der Waals surface area (Å²) in [6, 6.07) is 7.51. The van der Waals surface area contributed by atoms with Crippen LogP contribution in [0, 0.1) is 5.82 Å². The van der Waals surface area contributed by atoms with Gasteiger partial charge in [-0.3, -0.25) is 19.6 Å². The molecule has 0 spiro atoms. The SMILES string of the molecule is CNC(=O)Cc1csc(NC(=O)c2cc(-c3ccc(F)cc3)nn2C)n1. The van der Waals surface area contributed by atoms with E-state index in [4.69, 9.17) is 0 Å². The standard InChI is InChI=1S/C17H16FN5O2S/c1-19-15(24)7-12-9-26-17(20-12)21-16(25)14-8-13(22-23(14)2)10-3-5-11(18)6-4-10/h3-6,8-9H,7H2,1-2H3,(H,19,24)(H,20,21,25). The second kappa shape index (κ2) is 7.44. The number of amides is 2. The zero-order valence-electron chi connectivity index (χ0n) is 14.1. The molecule has 0 saturated heterocycles. The number of hydrogen-bond donors (Lipinski definition) is 2. The van der Waals surface area contributed by atoms with E-state index in [2.05, 4.69) is 20.7 Å². The van der Waals surface area contributed by atoms with E-state index in [9.17, 15) is 14.0 Å². The lowest BCUT2D eigenvalue weighted by molar-refractivity contribution is -0.120. The molecule has 0 radical (unpaired) electrons. The van der Waals surface area contributed by atoms with Crippen LogP contribution < -0.4 is 10.6 Å². The first-order valence-corrected chi connectivity index (χ1v) is 8.60. The number of benzene rings is 1. The highest BCUT2D eigenvalue weighted by Gasteiger charge is 2.16. The van der Waals surface area contributed by atoms with Crippen molar-refractivity contribution in [1.29, 1.82) is 0 Å². The zero-order chi connectivity index (χ0) is 18.7. The Morgan fingerprint density at radius 1 is 1.27 bits per heavy atom. The second-order valence-corrected chi connectivity index (χ2v) is 6.35. The van der Waals surface area contributed by atoms with Gasteiger partial charge in [0.1, 0.15) is 11.5 Å². The first-order valence-electron chi connectivity index (χ1n) is 7.72. The lowest BCUT2D eigenvalue weighted by atomic mass is 10.1. The average molecular weight is 373 g/mol. The number of hydrogen-bond acceptors (Lipinski definition) is 5. The molecule has 0 fully saturated rings. The van der Waals surface area contributed by atoms with Crippen molar-refractivity contribution in [2.75, 3.05) is 12.4 Å². The molecule has 0 aliphatic heterocycles. The maximum absolute atomic E-state index is 13.0. The molecular weight excluding hydrogens is 357 g/mol. The Kier molecular flexibility index (Phi) is 5.08. The monoisotopic (exact) mass is 373 g/mol. The molecule has 2 N–H and O–H groups in total. The van der Waals surface area contributed by atoms with Crippen LogP contribution in [0.4, 0.5) is 9.52 Å². The summed E-state index contributed by atoms with van der Waals surface area (Å²) in [4.78, 5) is 28.1. The molecule has 26 heavy (non-hydrogen) atoms. The Bertz CT molecular complexity index is 948. The number of aromatic nitrogens is 3. The van der Waals surface area contributed by atoms with Crippen LogP contribution in [0.2, 0.25) is 0 Å². The van der Waals surface area contributed by atoms with Gasteiger partial charge in [-0.2, -0.15) is 5.10 Å². The van der Waals surface area contributed by atoms with E-state index in [1.54, 1.807) is 37.7 Å². The molecule has 0 atom stereocenters. The van der Waals surface area contributed by atoms with Crippen molar-refractivity contribution in [2.24, 2.45) is 7.05 Å². The molecule has 2 aromatic heterocycles. The maximum atomic E-state index is 13.0. The number of anilines is 1. The molecule has 3 aromatic rings. The van der Waals surface area contributed by atoms with Crippen LogP contribution >= 0.6 is 11.3 Å². The molecule has 0 bridgehead atoms. The smallest absolute Gasteiger partial charge is 0.275 e. The molecule has 1 aromatic carbocycles. The molecule has 9 heteroatoms. The number of nitrogens with one attached hydrogen (secondary N) is 2. The Hall–Kier alpha value is -3.07. The van der Waals surface area contributed by atoms with Crippen molar-refractivity contribution >= 4 is 28.3 Å². The van der Waals surface area contributed by atoms with E-state index in [1.807, 2.05) is 0 Å². The predicted molar refractivity (Wildman–Crippen MR) is 96.4 cm³/mol. The van der Waals surface area contributed by atoms with Gasteiger partial charge in [0.15, 0.2) is 5.13 Å². The summed E-state index contributed by atoms with van der Waals surface area (Å²) < 4.78 is 14.5. The summed E-state index contributed by atoms with van der Waals surface area (Å²) in [6.07, 6.45) is 0.156. The highest BCUT2D eigenvalue weighted by Crippen LogP contribution is 2.21. The summed E-state index contributed by atoms with van der Waals surface area (Å²) in [6.45, 7) is 0. The molecule has 2 heterocycles. The molecule has 2 amide bonds. The van der Waals surface area contributed by atoms with Crippen LogP contribution in [-0.2, 0) is 18.3 Å². The molecule has 134 valence electrons. The van der Waals surface area contributed by atoms with Gasteiger partial charge in [-0.15, -0.1) is 11.3 Å². The Balaban J connectivity index is 1.74. The normalized spacial score (nSPS) is 10.6. The molecule has 0 unspecified atom stereocenters. The Labute approximate surface area is 152 Å². The van der Waals surface area contributed by atoms with E-state index >= 15 is 0 Å². The van der Waals surface area contributed by atoms with Crippen LogP contribution in [0.3, 0.4) is 0 Å². The van der Waals surface area contributed by atoms with Crippen LogP contribution in [0.15, 0.2) is 35.7 Å². The molecular formula is C17H16FN5O2S. The van der Waals surface area contributed by atoms with Gasteiger partial charge in [-0.05, 0) is 30.3 Å². The largest absolute Gasteiger partial charge is 0.359 e. The van der Waals surface area contributed by atoms with E-state index in [0.717, 1.165) is 0 Å². The van der Waals surface area contributed by atoms with E-state index < -0.39 is 0 Å². The summed E-state index contributed by atoms with van der Waals surface area (Å²) in [5, 5.41) is 11.6. The lowest BCUT2D eigenvalue weighted by Gasteiger charge is -2.01. The predicted octanol–water partition coefficient (Wildman–Crippen LogP) is 2.22. The third-order valence-electron chi connectivity index (χ3n) is 3.65. The number of thiazole rings is 1. The number of carbonyl (C=O) groups excluding carboxylic acids is 2. The van der Waals surface area contributed by atoms with E-state index in [1.165, 1.54) is 28.2 Å². The van der Waals surface area contributed by atoms with Crippen LogP contribution in [0.5, 0.6) is 0 Å². The average Bonchev–Trinajstić information content (AvgIpc) is 3.22. The van der Waals surface area contributed by atoms with Crippen LogP contribution in [-0.4, -0.2) is 33.6 Å². The zero-order valence-corrected chi connectivity index (χ0v) is 14.9. The molecule has 0 aliphatic rings. The van der Waals surface area contributed by atoms with Crippen molar-refractivity contribution in [1.82, 2.24) is 20.1 Å². The Morgan fingerprint density at radius 3 is 2.69 bits per heavy atom. The first-order chi connectivity index (χ1) is 12.5. The van der Waals surface area contributed by atoms with Gasteiger partial charge in [0, 0.05) is 25.0 Å². The molecule has 0 aliphatic carbocycles. The van der Waals surface area contributed by atoms with Crippen LogP contribution in [0.1, 0.15) is 16.2 Å². The van der Waals surface area contributed by atoms with Gasteiger partial charge >= 0.3 is 0 Å². The Morgan fingerprint density at radius 2 is 2.00 bits per heavy atom. The summed E-state index contributed by atoms with van der Waals surface area (Å²) in [5.74, 6) is -0.850. The molecule has 3 rings (SSSR count). The van der Waals surface area contributed by atoms with Crippen molar-refractivity contribution in [2.45, 2.75) is 6.42 Å². The van der Waals surface area contributed by atoms with Gasteiger partial charge in [-0.25, -0.2) is 9.37 Å². The van der Waals surface area contributed by atoms with Crippen LogP contribution in [0.25, 0.3) is 11.3 Å². The molecule has 7 nitrogen and oxygen atoms in total. The second-order valence-electron chi connectivity index (χ2n) is 5.49. The summed E-state index contributed by atoms with van der Waals surface area (Å²) in [5.41, 5.74) is 2.20. The highest BCUT2D eigenvalue weighted by molar-refractivity contribution is 7.14. The number of likely N-dealkylation sites (N-methyl/N-ethyl adjacent to an activating group) is 1. The van der Waals surface area contributed by atoms with Crippen molar-refractivity contribution in [3.8, 4) is 11.3 Å².